The maximum atomic E-state index is 8.93. The number of rotatable bonds is 0. The fourth-order valence-corrected chi connectivity index (χ4v) is 0. The van der Waals surface area contributed by atoms with Gasteiger partial charge in [-0.1, -0.05) is 55.4 Å². The first-order valence-corrected chi connectivity index (χ1v) is 6.68. The van der Waals surface area contributed by atoms with Gasteiger partial charge in [0.2, 0.25) is 0 Å². The zero-order chi connectivity index (χ0) is 16.1. The van der Waals surface area contributed by atoms with Crippen molar-refractivity contribution in [2.75, 3.05) is 13.2 Å². The molecule has 0 unspecified atom stereocenters. The largest absolute Gasteiger partial charge is 4.00 e. The molecule has 0 fully saturated rings. The van der Waals surface area contributed by atoms with Gasteiger partial charge in [-0.05, 0) is 0 Å². The van der Waals surface area contributed by atoms with Crippen molar-refractivity contribution >= 4 is 40.4 Å². The molecule has 0 aromatic rings. The van der Waals surface area contributed by atoms with Crippen LogP contribution in [0.2, 0.25) is 0 Å². The Morgan fingerprint density at radius 1 is 0.600 bits per heavy atom. The van der Waals surface area contributed by atoms with Crippen molar-refractivity contribution < 1.29 is 81.6 Å². The Kier molecular flexibility index (Phi) is 296. The van der Waals surface area contributed by atoms with Crippen LogP contribution in [-0.2, 0) is 21.7 Å². The minimum atomic E-state index is 0. The van der Waals surface area contributed by atoms with Gasteiger partial charge < -0.3 is 80.6 Å². The van der Waals surface area contributed by atoms with E-state index < -0.39 is 0 Å². The number of hydrogen-bond acceptors (Lipinski definition) is 2. The Labute approximate surface area is 227 Å². The molecule has 9 heteroatoms. The zero-order valence-electron chi connectivity index (χ0n) is 17.4. The molecular weight excluding hydrogens is 465 g/mol. The van der Waals surface area contributed by atoms with Crippen LogP contribution in [0.25, 0.3) is 0 Å². The van der Waals surface area contributed by atoms with Crippen LogP contribution >= 0.6 is 0 Å². The number of hydrogen-bond donors (Lipinski definition) is 0. The summed E-state index contributed by atoms with van der Waals surface area (Å²) in [5, 5.41) is 17.9. The summed E-state index contributed by atoms with van der Waals surface area (Å²) in [5.41, 5.74) is 0. The Morgan fingerprint density at radius 3 is 0.600 bits per heavy atom. The number of halogens is 4. The van der Waals surface area contributed by atoms with E-state index in [4.69, 9.17) is 10.2 Å². The summed E-state index contributed by atoms with van der Waals surface area (Å²) in [4.78, 5) is 0. The molecule has 0 aliphatic rings. The van der Waals surface area contributed by atoms with Crippen LogP contribution in [0.4, 0.5) is 0 Å². The van der Waals surface area contributed by atoms with Crippen LogP contribution in [0.5, 0.6) is 0 Å². The molecule has 0 aliphatic heterocycles. The van der Waals surface area contributed by atoms with Gasteiger partial charge in [0.1, 0.15) is 0 Å². The van der Waals surface area contributed by atoms with Gasteiger partial charge in [-0.25, -0.2) is 0 Å². The molecule has 25 heavy (non-hydrogen) atoms. The third-order valence-electron chi connectivity index (χ3n) is 0. The molecule has 0 saturated carbocycles. The molecule has 0 N–H and O–H groups in total. The predicted octanol–water partition coefficient (Wildman–Crippen LogP) is -9.59. The summed E-state index contributed by atoms with van der Waals surface area (Å²) >= 11 is 0. The third-order valence-corrected chi connectivity index (χ3v) is 0. The molecule has 0 amide bonds. The van der Waals surface area contributed by atoms with Crippen molar-refractivity contribution in [3.63, 3.8) is 0 Å². The van der Waals surface area contributed by atoms with Gasteiger partial charge in [-0.15, -0.1) is 13.2 Å². The fourth-order valence-electron chi connectivity index (χ4n) is 0. The van der Waals surface area contributed by atoms with E-state index in [0.29, 0.717) is 17.8 Å². The Bertz CT molecular complexity index is 87.7. The molecule has 0 aliphatic carbocycles. The molecule has 0 saturated heterocycles. The van der Waals surface area contributed by atoms with Gasteiger partial charge in [-0.2, -0.15) is 17.8 Å². The van der Waals surface area contributed by atoms with Crippen LogP contribution in [0.1, 0.15) is 55.4 Å². The van der Waals surface area contributed by atoms with Gasteiger partial charge in [0, 0.05) is 0 Å². The van der Waals surface area contributed by atoms with Crippen molar-refractivity contribution in [2.45, 2.75) is 55.4 Å². The molecule has 0 aromatic heterocycles. The minimum Gasteiger partial charge on any atom is -1.00 e. The third kappa shape index (κ3) is 1780. The maximum absolute atomic E-state index is 8.93. The van der Waals surface area contributed by atoms with E-state index in [9.17, 15) is 0 Å². The van der Waals surface area contributed by atoms with E-state index in [2.05, 4.69) is 62.3 Å². The van der Waals surface area contributed by atoms with Crippen molar-refractivity contribution in [1.29, 1.82) is 0 Å². The van der Waals surface area contributed by atoms with Crippen molar-refractivity contribution in [1.82, 2.24) is 0 Å². The molecule has 0 bridgehead atoms. The summed E-state index contributed by atoms with van der Waals surface area (Å²) in [6.45, 7) is 26.4. The maximum Gasteiger partial charge on any atom is 4.00 e. The fraction of sp³-hybridized carbons (Fsp3) is 0.812. The normalized spacial score (nSPS) is 5.76. The average Bonchev–Trinajstić information content (AvgIpc) is 2.00. The zero-order valence-corrected chi connectivity index (χ0v) is 24.5. The van der Waals surface area contributed by atoms with E-state index in [-0.39, 0.29) is 125 Å². The Balaban J connectivity index is -0.00000000794. The van der Waals surface area contributed by atoms with Gasteiger partial charge >= 0.3 is 62.1 Å². The smallest absolute Gasteiger partial charge is 1.00 e. The predicted molar refractivity (Wildman–Crippen MR) is 93.2 cm³/mol. The second-order valence-corrected chi connectivity index (χ2v) is 4.76. The summed E-state index contributed by atoms with van der Waals surface area (Å²) < 4.78 is 0. The topological polar surface area (TPSA) is 46.1 Å². The average molecular weight is 502 g/mol. The molecule has 150 valence electrons. The van der Waals surface area contributed by atoms with E-state index in [1.165, 1.54) is 0 Å². The second kappa shape index (κ2) is 92.9. The van der Waals surface area contributed by atoms with E-state index in [1.54, 1.807) is 13.8 Å². The molecule has 0 spiro atoms. The Morgan fingerprint density at radius 2 is 0.600 bits per heavy atom. The first-order chi connectivity index (χ1) is 8.02. The van der Waals surface area contributed by atoms with Gasteiger partial charge in [0.05, 0.1) is 0 Å². The van der Waals surface area contributed by atoms with Crippen LogP contribution < -0.4 is 59.8 Å². The molecular formula is C16H37AlCl4MgO2Ti. The Hall–Kier alpha value is 3.09. The van der Waals surface area contributed by atoms with Crippen LogP contribution in [-0.4, -0.2) is 53.6 Å². The van der Waals surface area contributed by atoms with Crippen molar-refractivity contribution in [3.05, 3.63) is 20.8 Å². The summed E-state index contributed by atoms with van der Waals surface area (Å²) in [6.07, 6.45) is 0. The van der Waals surface area contributed by atoms with Crippen LogP contribution in [0, 0.1) is 38.5 Å². The van der Waals surface area contributed by atoms with E-state index in [1.807, 2.05) is 0 Å². The van der Waals surface area contributed by atoms with Crippen molar-refractivity contribution in [2.24, 2.45) is 17.8 Å². The first-order valence-electron chi connectivity index (χ1n) is 6.68. The second-order valence-electron chi connectivity index (χ2n) is 4.76. The molecule has 0 radical (unpaired) electrons. The van der Waals surface area contributed by atoms with Gasteiger partial charge in [-0.3, -0.25) is 0 Å². The monoisotopic (exact) mass is 500 g/mol. The molecule has 2 nitrogen and oxygen atoms in total. The van der Waals surface area contributed by atoms with E-state index in [0.717, 1.165) is 0 Å². The van der Waals surface area contributed by atoms with E-state index >= 15 is 0 Å². The first kappa shape index (κ1) is 79.6. The summed E-state index contributed by atoms with van der Waals surface area (Å²) in [5.74, 6) is 1.75. The molecule has 0 aromatic carbocycles. The molecule has 0 rings (SSSR count). The van der Waals surface area contributed by atoms with Crippen LogP contribution in [0.15, 0.2) is 0 Å². The minimum absolute atomic E-state index is 0. The van der Waals surface area contributed by atoms with Gasteiger partial charge in [0.15, 0.2) is 0 Å². The quantitative estimate of drug-likeness (QED) is 0.244. The summed E-state index contributed by atoms with van der Waals surface area (Å²) in [7, 11) is 0. The SMILES string of the molecule is CC[O-].CC[O-].[Al+3].[CH2-]C(C)C.[CH2-]C(C)C.[CH2-]C(C)C.[Cl-].[Cl-].[Cl-].[Cl-].[Mg+2].[Ti+4]. The van der Waals surface area contributed by atoms with Gasteiger partial charge in [0.25, 0.3) is 0 Å². The summed E-state index contributed by atoms with van der Waals surface area (Å²) in [6, 6.07) is 0. The van der Waals surface area contributed by atoms with Crippen molar-refractivity contribution in [3.8, 4) is 0 Å². The molecule has 0 heterocycles. The van der Waals surface area contributed by atoms with Crippen LogP contribution in [0.3, 0.4) is 0 Å². The molecule has 0 atom stereocenters. The standard InChI is InChI=1S/3C4H9.2C2H5O.Al.4ClH.Mg.Ti/c3*1-4(2)3;2*1-2-3;;;;;;;/h3*4H,1H2,2-3H3;2*2H2,1H3;;4*1H;;/q5*-1;+3;;;;;+2;+4/p-4.